The Labute approximate surface area is 154 Å². The molecule has 0 aliphatic carbocycles. The van der Waals surface area contributed by atoms with E-state index >= 15 is 0 Å². The van der Waals surface area contributed by atoms with E-state index in [2.05, 4.69) is 5.32 Å². The normalized spacial score (nSPS) is 11.5. The van der Waals surface area contributed by atoms with Crippen molar-refractivity contribution in [2.45, 2.75) is 40.2 Å². The Balaban J connectivity index is 2.16. The van der Waals surface area contributed by atoms with Crippen LogP contribution in [0.15, 0.2) is 42.5 Å². The van der Waals surface area contributed by atoms with Gasteiger partial charge in [-0.2, -0.15) is 0 Å². The summed E-state index contributed by atoms with van der Waals surface area (Å²) in [5.41, 5.74) is 2.85. The SMILES string of the molecule is CCOC(=O)c1ccccc1NC(=O)[C@H](CC)Oc1ccc(C)cc1C. The first-order valence-electron chi connectivity index (χ1n) is 8.77. The van der Waals surface area contributed by atoms with Crippen molar-refractivity contribution >= 4 is 17.6 Å². The van der Waals surface area contributed by atoms with Crippen molar-refractivity contribution in [3.05, 3.63) is 59.2 Å². The van der Waals surface area contributed by atoms with Crippen LogP contribution in [0.3, 0.4) is 0 Å². The molecule has 0 unspecified atom stereocenters. The summed E-state index contributed by atoms with van der Waals surface area (Å²) in [6.45, 7) is 7.85. The first kappa shape index (κ1) is 19.5. The Morgan fingerprint density at radius 2 is 1.81 bits per heavy atom. The van der Waals surface area contributed by atoms with Gasteiger partial charge in [0.1, 0.15) is 5.75 Å². The van der Waals surface area contributed by atoms with Gasteiger partial charge >= 0.3 is 5.97 Å². The zero-order valence-electron chi connectivity index (χ0n) is 15.7. The van der Waals surface area contributed by atoms with Crippen LogP contribution in [0.4, 0.5) is 5.69 Å². The molecule has 0 saturated heterocycles. The predicted octanol–water partition coefficient (Wildman–Crippen LogP) is 4.28. The van der Waals surface area contributed by atoms with Crippen LogP contribution in [0.1, 0.15) is 41.8 Å². The molecule has 5 nitrogen and oxygen atoms in total. The van der Waals surface area contributed by atoms with Crippen molar-refractivity contribution < 1.29 is 19.1 Å². The van der Waals surface area contributed by atoms with Crippen molar-refractivity contribution in [3.63, 3.8) is 0 Å². The van der Waals surface area contributed by atoms with E-state index in [-0.39, 0.29) is 12.5 Å². The van der Waals surface area contributed by atoms with Crippen LogP contribution in [0, 0.1) is 13.8 Å². The molecule has 0 saturated carbocycles. The zero-order valence-corrected chi connectivity index (χ0v) is 15.7. The molecule has 0 spiro atoms. The summed E-state index contributed by atoms with van der Waals surface area (Å²) in [4.78, 5) is 24.7. The highest BCUT2D eigenvalue weighted by atomic mass is 16.5. The van der Waals surface area contributed by atoms with E-state index in [1.54, 1.807) is 31.2 Å². The first-order valence-corrected chi connectivity index (χ1v) is 8.77. The van der Waals surface area contributed by atoms with Gasteiger partial charge in [0, 0.05) is 0 Å². The number of rotatable bonds is 7. The number of hydrogen-bond donors (Lipinski definition) is 1. The molecule has 0 aliphatic rings. The molecule has 0 aromatic heterocycles. The third-order valence-corrected chi connectivity index (χ3v) is 3.94. The summed E-state index contributed by atoms with van der Waals surface area (Å²) < 4.78 is 10.9. The molecule has 0 heterocycles. The Kier molecular flexibility index (Phi) is 6.78. The maximum absolute atomic E-state index is 12.7. The second-order valence-corrected chi connectivity index (χ2v) is 6.04. The smallest absolute Gasteiger partial charge is 0.340 e. The van der Waals surface area contributed by atoms with Gasteiger partial charge in [-0.15, -0.1) is 0 Å². The van der Waals surface area contributed by atoms with E-state index in [0.29, 0.717) is 23.4 Å². The fourth-order valence-corrected chi connectivity index (χ4v) is 2.60. The van der Waals surface area contributed by atoms with Crippen molar-refractivity contribution in [1.29, 1.82) is 0 Å². The number of amides is 1. The summed E-state index contributed by atoms with van der Waals surface area (Å²) in [7, 11) is 0. The van der Waals surface area contributed by atoms with E-state index in [1.807, 2.05) is 39.0 Å². The fourth-order valence-electron chi connectivity index (χ4n) is 2.60. The summed E-state index contributed by atoms with van der Waals surface area (Å²) >= 11 is 0. The lowest BCUT2D eigenvalue weighted by Crippen LogP contribution is -2.33. The number of anilines is 1. The number of para-hydroxylation sites is 1. The van der Waals surface area contributed by atoms with Gasteiger partial charge in [0.05, 0.1) is 17.9 Å². The van der Waals surface area contributed by atoms with Crippen LogP contribution in [-0.2, 0) is 9.53 Å². The number of benzene rings is 2. The molecular formula is C21H25NO4. The summed E-state index contributed by atoms with van der Waals surface area (Å²) in [6.07, 6.45) is -0.160. The number of carbonyl (C=O) groups is 2. The Bertz CT molecular complexity index is 785. The third kappa shape index (κ3) is 4.85. The number of hydrogen-bond acceptors (Lipinski definition) is 4. The molecule has 2 aromatic carbocycles. The molecule has 26 heavy (non-hydrogen) atoms. The van der Waals surface area contributed by atoms with Crippen molar-refractivity contribution in [1.82, 2.24) is 0 Å². The van der Waals surface area contributed by atoms with Crippen LogP contribution in [-0.4, -0.2) is 24.6 Å². The molecule has 0 aliphatic heterocycles. The van der Waals surface area contributed by atoms with Gasteiger partial charge < -0.3 is 14.8 Å². The number of nitrogens with one attached hydrogen (secondary N) is 1. The van der Waals surface area contributed by atoms with Crippen LogP contribution < -0.4 is 10.1 Å². The highest BCUT2D eigenvalue weighted by Gasteiger charge is 2.22. The Hall–Kier alpha value is -2.82. The average Bonchev–Trinajstić information content (AvgIpc) is 2.61. The lowest BCUT2D eigenvalue weighted by atomic mass is 10.1. The quantitative estimate of drug-likeness (QED) is 0.753. The Morgan fingerprint density at radius 1 is 1.08 bits per heavy atom. The van der Waals surface area contributed by atoms with Crippen molar-refractivity contribution in [2.24, 2.45) is 0 Å². The molecule has 0 radical (unpaired) electrons. The maximum Gasteiger partial charge on any atom is 0.340 e. The van der Waals surface area contributed by atoms with E-state index in [4.69, 9.17) is 9.47 Å². The standard InChI is InChI=1S/C21H25NO4/c1-5-18(26-19-12-11-14(3)13-15(19)4)20(23)22-17-10-8-7-9-16(17)21(24)25-6-2/h7-13,18H,5-6H2,1-4H3,(H,22,23)/t18-/m0/s1. The molecule has 1 atom stereocenters. The van der Waals surface area contributed by atoms with Gasteiger partial charge in [-0.25, -0.2) is 4.79 Å². The molecule has 138 valence electrons. The van der Waals surface area contributed by atoms with Gasteiger partial charge in [-0.05, 0) is 51.0 Å². The summed E-state index contributed by atoms with van der Waals surface area (Å²) in [5, 5.41) is 2.79. The number of aryl methyl sites for hydroxylation is 2. The second kappa shape index (κ2) is 9.04. The highest BCUT2D eigenvalue weighted by Crippen LogP contribution is 2.22. The molecule has 1 amide bonds. The lowest BCUT2D eigenvalue weighted by Gasteiger charge is -2.19. The molecule has 5 heteroatoms. The first-order chi connectivity index (χ1) is 12.5. The molecular weight excluding hydrogens is 330 g/mol. The monoisotopic (exact) mass is 355 g/mol. The molecule has 0 fully saturated rings. The number of carbonyl (C=O) groups excluding carboxylic acids is 2. The minimum atomic E-state index is -0.661. The maximum atomic E-state index is 12.7. The van der Waals surface area contributed by atoms with Gasteiger partial charge in [0.2, 0.25) is 0 Å². The third-order valence-electron chi connectivity index (χ3n) is 3.94. The van der Waals surface area contributed by atoms with Crippen LogP contribution in [0.5, 0.6) is 5.75 Å². The summed E-state index contributed by atoms with van der Waals surface area (Å²) in [5.74, 6) is -0.0905. The van der Waals surface area contributed by atoms with Crippen LogP contribution in [0.2, 0.25) is 0 Å². The topological polar surface area (TPSA) is 64.6 Å². The van der Waals surface area contributed by atoms with E-state index in [9.17, 15) is 9.59 Å². The summed E-state index contributed by atoms with van der Waals surface area (Å²) in [6, 6.07) is 12.6. The molecule has 0 bridgehead atoms. The van der Waals surface area contributed by atoms with Gasteiger partial charge in [-0.1, -0.05) is 36.8 Å². The minimum Gasteiger partial charge on any atom is -0.480 e. The predicted molar refractivity (Wildman–Crippen MR) is 102 cm³/mol. The van der Waals surface area contributed by atoms with Gasteiger partial charge in [0.15, 0.2) is 6.10 Å². The van der Waals surface area contributed by atoms with Crippen molar-refractivity contribution in [3.8, 4) is 5.75 Å². The Morgan fingerprint density at radius 3 is 2.46 bits per heavy atom. The second-order valence-electron chi connectivity index (χ2n) is 6.04. The van der Waals surface area contributed by atoms with Gasteiger partial charge in [0.25, 0.3) is 5.91 Å². The highest BCUT2D eigenvalue weighted by molar-refractivity contribution is 6.02. The number of ether oxygens (including phenoxy) is 2. The van der Waals surface area contributed by atoms with Crippen LogP contribution >= 0.6 is 0 Å². The van der Waals surface area contributed by atoms with Gasteiger partial charge in [-0.3, -0.25) is 4.79 Å². The molecule has 2 aromatic rings. The van der Waals surface area contributed by atoms with E-state index in [0.717, 1.165) is 11.1 Å². The fraction of sp³-hybridized carbons (Fsp3) is 0.333. The zero-order chi connectivity index (χ0) is 19.1. The minimum absolute atomic E-state index is 0.272. The van der Waals surface area contributed by atoms with Crippen molar-refractivity contribution in [2.75, 3.05) is 11.9 Å². The van der Waals surface area contributed by atoms with Crippen LogP contribution in [0.25, 0.3) is 0 Å². The lowest BCUT2D eigenvalue weighted by molar-refractivity contribution is -0.122. The largest absolute Gasteiger partial charge is 0.480 e. The molecule has 1 N–H and O–H groups in total. The van der Waals surface area contributed by atoms with E-state index in [1.165, 1.54) is 0 Å². The van der Waals surface area contributed by atoms with E-state index < -0.39 is 12.1 Å². The number of esters is 1. The average molecular weight is 355 g/mol. The molecule has 2 rings (SSSR count).